The van der Waals surface area contributed by atoms with Crippen molar-refractivity contribution in [3.63, 3.8) is 0 Å². The minimum Gasteiger partial charge on any atom is -0.466 e. The van der Waals surface area contributed by atoms with Crippen LogP contribution in [0.15, 0.2) is 59.5 Å². The maximum Gasteiger partial charge on any atom is 0.330 e. The Bertz CT molecular complexity index is 970. The second-order valence-electron chi connectivity index (χ2n) is 5.83. The summed E-state index contributed by atoms with van der Waals surface area (Å²) in [5.74, 6) is -0.409. The molecule has 0 amide bonds. The van der Waals surface area contributed by atoms with E-state index < -0.39 is 16.0 Å². The zero-order chi connectivity index (χ0) is 19.9. The van der Waals surface area contributed by atoms with E-state index in [1.54, 1.807) is 0 Å². The lowest BCUT2D eigenvalue weighted by Gasteiger charge is -2.08. The third-order valence-corrected chi connectivity index (χ3v) is 5.42. The van der Waals surface area contributed by atoms with Gasteiger partial charge in [0.2, 0.25) is 10.0 Å². The fourth-order valence-electron chi connectivity index (χ4n) is 2.38. The Hall–Kier alpha value is -2.95. The number of nitrogens with zero attached hydrogens (tertiary/aromatic N) is 1. The first-order valence-corrected chi connectivity index (χ1v) is 9.69. The summed E-state index contributed by atoms with van der Waals surface area (Å²) in [6.07, 6.45) is 1.94. The van der Waals surface area contributed by atoms with Crippen LogP contribution in [0.2, 0.25) is 0 Å². The van der Waals surface area contributed by atoms with E-state index in [2.05, 4.69) is 9.46 Å². The molecule has 140 valence electrons. The predicted molar refractivity (Wildman–Crippen MR) is 102 cm³/mol. The number of hydrogen-bond acceptors (Lipinski definition) is 5. The number of carbonyl (C=O) groups excluding carboxylic acids is 1. The first kappa shape index (κ1) is 20.4. The van der Waals surface area contributed by atoms with Crippen LogP contribution < -0.4 is 4.72 Å². The van der Waals surface area contributed by atoms with Crippen LogP contribution in [0.3, 0.4) is 0 Å². The standard InChI is InChI=1S/C20H20N2O4S/c1-15(13-20(23)26-2)18-7-3-16(4-8-18)11-12-22-27(24,25)19-9-5-17(14-21)6-10-19/h3-10,13,22H,11-12H2,1-2H3. The normalized spacial score (nSPS) is 11.7. The topological polar surface area (TPSA) is 96.3 Å². The molecule has 0 fully saturated rings. The molecule has 0 saturated heterocycles. The van der Waals surface area contributed by atoms with Gasteiger partial charge in [0.25, 0.3) is 0 Å². The second-order valence-corrected chi connectivity index (χ2v) is 7.60. The van der Waals surface area contributed by atoms with Crippen LogP contribution in [0.1, 0.15) is 23.6 Å². The van der Waals surface area contributed by atoms with Gasteiger partial charge < -0.3 is 4.74 Å². The Morgan fingerprint density at radius 3 is 2.33 bits per heavy atom. The molecule has 1 N–H and O–H groups in total. The summed E-state index contributed by atoms with van der Waals surface area (Å²) in [6.45, 7) is 2.07. The average Bonchev–Trinajstić information content (AvgIpc) is 2.68. The summed E-state index contributed by atoms with van der Waals surface area (Å²) in [4.78, 5) is 11.4. The van der Waals surface area contributed by atoms with Crippen molar-refractivity contribution in [1.82, 2.24) is 4.72 Å². The SMILES string of the molecule is COC(=O)C=C(C)c1ccc(CCNS(=O)(=O)c2ccc(C#N)cc2)cc1. The van der Waals surface area contributed by atoms with Gasteiger partial charge in [-0.05, 0) is 54.3 Å². The van der Waals surface area contributed by atoms with Crippen LogP contribution in [-0.2, 0) is 26.0 Å². The van der Waals surface area contributed by atoms with Crippen molar-refractivity contribution < 1.29 is 17.9 Å². The molecule has 0 spiro atoms. The van der Waals surface area contributed by atoms with Crippen LogP contribution >= 0.6 is 0 Å². The molecule has 0 aliphatic heterocycles. The second kappa shape index (κ2) is 9.12. The van der Waals surface area contributed by atoms with Gasteiger partial charge in [-0.3, -0.25) is 0 Å². The molecule has 0 aromatic heterocycles. The van der Waals surface area contributed by atoms with Crippen molar-refractivity contribution in [3.05, 3.63) is 71.3 Å². The number of esters is 1. The van der Waals surface area contributed by atoms with Gasteiger partial charge in [0, 0.05) is 12.6 Å². The molecule has 6 nitrogen and oxygen atoms in total. The summed E-state index contributed by atoms with van der Waals surface area (Å²) in [5.41, 5.74) is 3.05. The van der Waals surface area contributed by atoms with Crippen molar-refractivity contribution in [2.24, 2.45) is 0 Å². The number of methoxy groups -OCH3 is 1. The summed E-state index contributed by atoms with van der Waals surface area (Å²) < 4.78 is 31.7. The van der Waals surface area contributed by atoms with Gasteiger partial charge in [-0.15, -0.1) is 0 Å². The molecular weight excluding hydrogens is 364 g/mol. The molecule has 0 bridgehead atoms. The summed E-state index contributed by atoms with van der Waals surface area (Å²) in [7, 11) is -2.29. The maximum atomic E-state index is 12.3. The maximum absolute atomic E-state index is 12.3. The fourth-order valence-corrected chi connectivity index (χ4v) is 3.41. The third kappa shape index (κ3) is 5.78. The molecule has 7 heteroatoms. The van der Waals surface area contributed by atoms with E-state index in [0.717, 1.165) is 16.7 Å². The van der Waals surface area contributed by atoms with Crippen LogP contribution in [0.25, 0.3) is 5.57 Å². The van der Waals surface area contributed by atoms with Gasteiger partial charge >= 0.3 is 5.97 Å². The lowest BCUT2D eigenvalue weighted by Crippen LogP contribution is -2.26. The summed E-state index contributed by atoms with van der Waals surface area (Å²) >= 11 is 0. The number of carbonyl (C=O) groups is 1. The van der Waals surface area contributed by atoms with E-state index in [1.807, 2.05) is 37.3 Å². The van der Waals surface area contributed by atoms with Gasteiger partial charge in [0.15, 0.2) is 0 Å². The molecule has 0 saturated carbocycles. The highest BCUT2D eigenvalue weighted by Gasteiger charge is 2.13. The number of benzene rings is 2. The summed E-state index contributed by atoms with van der Waals surface area (Å²) in [5, 5.41) is 8.77. The molecule has 2 aromatic rings. The molecule has 0 atom stereocenters. The lowest BCUT2D eigenvalue weighted by molar-refractivity contribution is -0.134. The van der Waals surface area contributed by atoms with Crippen molar-refractivity contribution >= 4 is 21.6 Å². The van der Waals surface area contributed by atoms with E-state index in [-0.39, 0.29) is 11.4 Å². The number of nitrogens with one attached hydrogen (secondary N) is 1. The Kier molecular flexibility index (Phi) is 6.88. The quantitative estimate of drug-likeness (QED) is 0.585. The minimum atomic E-state index is -3.61. The van der Waals surface area contributed by atoms with Crippen molar-refractivity contribution in [1.29, 1.82) is 5.26 Å². The lowest BCUT2D eigenvalue weighted by atomic mass is 10.0. The Labute approximate surface area is 159 Å². The molecule has 27 heavy (non-hydrogen) atoms. The molecule has 2 rings (SSSR count). The molecular formula is C20H20N2O4S. The van der Waals surface area contributed by atoms with Gasteiger partial charge in [0.05, 0.1) is 23.6 Å². The van der Waals surface area contributed by atoms with E-state index >= 15 is 0 Å². The van der Waals surface area contributed by atoms with E-state index in [1.165, 1.54) is 37.5 Å². The van der Waals surface area contributed by atoms with Crippen molar-refractivity contribution in [3.8, 4) is 6.07 Å². The number of allylic oxidation sites excluding steroid dienone is 1. The number of rotatable bonds is 7. The number of sulfonamides is 1. The Morgan fingerprint density at radius 1 is 1.15 bits per heavy atom. The number of nitriles is 1. The van der Waals surface area contributed by atoms with Gasteiger partial charge in [-0.2, -0.15) is 5.26 Å². The molecule has 0 unspecified atom stereocenters. The van der Waals surface area contributed by atoms with Crippen LogP contribution in [0.4, 0.5) is 0 Å². The zero-order valence-electron chi connectivity index (χ0n) is 15.1. The Morgan fingerprint density at radius 2 is 1.78 bits per heavy atom. The molecule has 0 aliphatic rings. The predicted octanol–water partition coefficient (Wildman–Crippen LogP) is 2.66. The van der Waals surface area contributed by atoms with Gasteiger partial charge in [-0.1, -0.05) is 24.3 Å². The highest BCUT2D eigenvalue weighted by molar-refractivity contribution is 7.89. The average molecular weight is 384 g/mol. The van der Waals surface area contributed by atoms with E-state index in [9.17, 15) is 13.2 Å². The minimum absolute atomic E-state index is 0.125. The van der Waals surface area contributed by atoms with E-state index in [0.29, 0.717) is 12.0 Å². The smallest absolute Gasteiger partial charge is 0.330 e. The summed E-state index contributed by atoms with van der Waals surface area (Å²) in [6, 6.07) is 15.2. The zero-order valence-corrected chi connectivity index (χ0v) is 15.9. The largest absolute Gasteiger partial charge is 0.466 e. The third-order valence-electron chi connectivity index (χ3n) is 3.94. The fraction of sp³-hybridized carbons (Fsp3) is 0.200. The molecule has 0 heterocycles. The van der Waals surface area contributed by atoms with Crippen LogP contribution in [0.5, 0.6) is 0 Å². The van der Waals surface area contributed by atoms with Gasteiger partial charge in [-0.25, -0.2) is 17.9 Å². The number of hydrogen-bond donors (Lipinski definition) is 1. The molecule has 0 aliphatic carbocycles. The van der Waals surface area contributed by atoms with Crippen molar-refractivity contribution in [2.75, 3.05) is 13.7 Å². The first-order chi connectivity index (χ1) is 12.9. The monoisotopic (exact) mass is 384 g/mol. The van der Waals surface area contributed by atoms with Gasteiger partial charge in [0.1, 0.15) is 0 Å². The highest BCUT2D eigenvalue weighted by Crippen LogP contribution is 2.15. The Balaban J connectivity index is 1.95. The molecule has 2 aromatic carbocycles. The number of ether oxygens (including phenoxy) is 1. The van der Waals surface area contributed by atoms with E-state index in [4.69, 9.17) is 5.26 Å². The molecule has 0 radical (unpaired) electrons. The van der Waals surface area contributed by atoms with Crippen LogP contribution in [-0.4, -0.2) is 28.0 Å². The van der Waals surface area contributed by atoms with Crippen molar-refractivity contribution in [2.45, 2.75) is 18.2 Å². The highest BCUT2D eigenvalue weighted by atomic mass is 32.2. The van der Waals surface area contributed by atoms with Crippen LogP contribution in [0, 0.1) is 11.3 Å². The first-order valence-electron chi connectivity index (χ1n) is 8.21.